The maximum atomic E-state index is 12.9. The van der Waals surface area contributed by atoms with Gasteiger partial charge in [0.2, 0.25) is 0 Å². The van der Waals surface area contributed by atoms with E-state index in [1.54, 1.807) is 0 Å². The topological polar surface area (TPSA) is 108 Å². The molecule has 0 aliphatic rings. The molecule has 0 radical (unpaired) electrons. The van der Waals surface area contributed by atoms with Gasteiger partial charge in [-0.2, -0.15) is 0 Å². The zero-order valence-corrected chi connectivity index (χ0v) is 53.4. The summed E-state index contributed by atoms with van der Waals surface area (Å²) in [5, 5.41) is 0. The van der Waals surface area contributed by atoms with Gasteiger partial charge in [0, 0.05) is 12.8 Å². The van der Waals surface area contributed by atoms with Gasteiger partial charge in [0.1, 0.15) is 19.8 Å². The van der Waals surface area contributed by atoms with Gasteiger partial charge in [-0.05, 0) is 96.3 Å². The number of allylic oxidation sites excluding steroid dienone is 16. The summed E-state index contributed by atoms with van der Waals surface area (Å²) in [6.07, 6.45) is 83.5. The third kappa shape index (κ3) is 64.1. The van der Waals surface area contributed by atoms with Crippen molar-refractivity contribution in [3.05, 3.63) is 97.2 Å². The fourth-order valence-electron chi connectivity index (χ4n) is 9.05. The Labute approximate surface area is 493 Å². The van der Waals surface area contributed by atoms with Gasteiger partial charge in [-0.15, -0.1) is 0 Å². The van der Waals surface area contributed by atoms with Crippen molar-refractivity contribution in [1.29, 1.82) is 0 Å². The summed E-state index contributed by atoms with van der Waals surface area (Å²) in [6.45, 7) is 4.33. The van der Waals surface area contributed by atoms with Gasteiger partial charge in [0.15, 0.2) is 6.10 Å². The largest absolute Gasteiger partial charge is 0.472 e. The first kappa shape index (κ1) is 76.9. The lowest BCUT2D eigenvalue weighted by atomic mass is 10.0. The highest BCUT2D eigenvalue weighted by atomic mass is 31.2. The number of rotatable bonds is 60. The van der Waals surface area contributed by atoms with Crippen molar-refractivity contribution in [2.24, 2.45) is 0 Å². The maximum absolute atomic E-state index is 12.9. The summed E-state index contributed by atoms with van der Waals surface area (Å²) < 4.78 is 34.7. The van der Waals surface area contributed by atoms with Gasteiger partial charge in [-0.1, -0.05) is 272 Å². The van der Waals surface area contributed by atoms with Gasteiger partial charge < -0.3 is 18.9 Å². The molecule has 0 aromatic carbocycles. The van der Waals surface area contributed by atoms with E-state index in [-0.39, 0.29) is 32.0 Å². The van der Waals surface area contributed by atoms with E-state index >= 15 is 0 Å². The summed E-state index contributed by atoms with van der Waals surface area (Å²) in [5.74, 6) is -0.798. The number of likely N-dealkylation sites (N-methyl/N-ethyl adjacent to an activating group) is 1. The van der Waals surface area contributed by atoms with E-state index in [0.29, 0.717) is 17.4 Å². The third-order valence-electron chi connectivity index (χ3n) is 14.1. The number of esters is 2. The molecule has 462 valence electrons. The van der Waals surface area contributed by atoms with E-state index in [9.17, 15) is 19.0 Å². The van der Waals surface area contributed by atoms with Crippen LogP contribution in [0.4, 0.5) is 0 Å². The van der Waals surface area contributed by atoms with Crippen LogP contribution in [-0.2, 0) is 32.7 Å². The Morgan fingerprint density at radius 2 is 0.713 bits per heavy atom. The lowest BCUT2D eigenvalue weighted by Crippen LogP contribution is -2.37. The first-order valence-electron chi connectivity index (χ1n) is 33.0. The average molecular weight is 1140 g/mol. The number of phosphoric ester groups is 1. The average Bonchev–Trinajstić information content (AvgIpc) is 3.42. The molecule has 0 amide bonds. The standard InChI is InChI=1S/C70H124NO8P/c1-6-8-10-12-14-16-18-20-22-24-26-28-30-32-34-35-37-39-41-43-45-47-49-51-53-55-57-59-61-63-70(73)79-68(67-78-80(74,75)77-65-64-71(3,4)5)66-76-69(72)62-60-58-56-54-52-50-48-46-44-42-40-38-36-33-31-29-27-25-23-21-19-17-15-13-11-9-7-2/h8,10,14,16,19-22,25-28,32,34,37,39,68H,6-7,9,11-13,15,17-18,23-24,29-31,33,35-36,38,40-67H2,1-5H3/p+1/b10-8-,16-14-,21-19-,22-20-,27-25-,28-26-,34-32-,39-37-. The predicted octanol–water partition coefficient (Wildman–Crippen LogP) is 21.2. The number of quaternary nitrogens is 1. The molecule has 9 nitrogen and oxygen atoms in total. The molecule has 0 spiro atoms. The van der Waals surface area contributed by atoms with Crippen molar-refractivity contribution >= 4 is 19.8 Å². The number of hydrogen-bond donors (Lipinski definition) is 1. The van der Waals surface area contributed by atoms with Crippen LogP contribution in [0.25, 0.3) is 0 Å². The predicted molar refractivity (Wildman–Crippen MR) is 344 cm³/mol. The maximum Gasteiger partial charge on any atom is 0.472 e. The Morgan fingerprint density at radius 3 is 1.06 bits per heavy atom. The van der Waals surface area contributed by atoms with E-state index in [1.165, 1.54) is 161 Å². The SMILES string of the molecule is CC/C=C\C/C=C\C/C=C\C/C=C\C/C=C\C/C=C\CCCCCCCCCCCCC(=O)OC(COC(=O)CCCCCCCCCCCCCCCCC/C=C\C/C=C\CCCCCCC)COP(=O)(O)OCC[N+](C)(C)C. The van der Waals surface area contributed by atoms with E-state index in [1.807, 2.05) is 21.1 Å². The van der Waals surface area contributed by atoms with Crippen molar-refractivity contribution in [1.82, 2.24) is 0 Å². The molecule has 0 aromatic heterocycles. The lowest BCUT2D eigenvalue weighted by Gasteiger charge is -2.24. The van der Waals surface area contributed by atoms with Crippen molar-refractivity contribution in [3.8, 4) is 0 Å². The Kier molecular flexibility index (Phi) is 58.2. The lowest BCUT2D eigenvalue weighted by molar-refractivity contribution is -0.870. The molecule has 10 heteroatoms. The number of hydrogen-bond acceptors (Lipinski definition) is 7. The summed E-state index contributed by atoms with van der Waals surface area (Å²) in [5.41, 5.74) is 0. The molecule has 80 heavy (non-hydrogen) atoms. The minimum absolute atomic E-state index is 0.0275. The third-order valence-corrected chi connectivity index (χ3v) is 15.1. The number of carbonyl (C=O) groups is 2. The van der Waals surface area contributed by atoms with Gasteiger partial charge >= 0.3 is 19.8 Å². The second kappa shape index (κ2) is 60.5. The molecule has 2 unspecified atom stereocenters. The molecule has 0 heterocycles. The van der Waals surface area contributed by atoms with E-state index < -0.39 is 26.5 Å². The number of nitrogens with zero attached hydrogens (tertiary/aromatic N) is 1. The Morgan fingerprint density at radius 1 is 0.400 bits per heavy atom. The quantitative estimate of drug-likeness (QED) is 0.0211. The Balaban J connectivity index is 4.11. The fraction of sp³-hybridized carbons (Fsp3) is 0.743. The summed E-state index contributed by atoms with van der Waals surface area (Å²) in [7, 11) is 1.47. The zero-order valence-electron chi connectivity index (χ0n) is 52.5. The van der Waals surface area contributed by atoms with E-state index in [2.05, 4.69) is 111 Å². The van der Waals surface area contributed by atoms with Crippen LogP contribution in [0.1, 0.15) is 284 Å². The highest BCUT2D eigenvalue weighted by Crippen LogP contribution is 2.43. The first-order valence-corrected chi connectivity index (χ1v) is 34.5. The summed E-state index contributed by atoms with van der Waals surface area (Å²) in [4.78, 5) is 35.8. The molecule has 0 bridgehead atoms. The van der Waals surface area contributed by atoms with Crippen LogP contribution in [0.15, 0.2) is 97.2 Å². The first-order chi connectivity index (χ1) is 39.0. The normalized spacial score (nSPS) is 13.8. The number of unbranched alkanes of at least 4 members (excludes halogenated alkanes) is 30. The van der Waals surface area contributed by atoms with Crippen molar-refractivity contribution in [3.63, 3.8) is 0 Å². The van der Waals surface area contributed by atoms with Gasteiger partial charge in [-0.25, -0.2) is 4.57 Å². The van der Waals surface area contributed by atoms with Crippen LogP contribution < -0.4 is 0 Å². The summed E-state index contributed by atoms with van der Waals surface area (Å²) in [6, 6.07) is 0. The van der Waals surface area contributed by atoms with Crippen LogP contribution >= 0.6 is 7.82 Å². The molecule has 0 aromatic rings. The Bertz CT molecular complexity index is 1670. The van der Waals surface area contributed by atoms with Gasteiger partial charge in [-0.3, -0.25) is 18.6 Å². The van der Waals surface area contributed by atoms with Crippen LogP contribution in [0.3, 0.4) is 0 Å². The molecular weight excluding hydrogens is 1010 g/mol. The molecule has 0 fully saturated rings. The molecular formula is C70H125NO8P+. The van der Waals surface area contributed by atoms with E-state index in [4.69, 9.17) is 18.5 Å². The van der Waals surface area contributed by atoms with Crippen molar-refractivity contribution in [2.45, 2.75) is 290 Å². The second-order valence-corrected chi connectivity index (χ2v) is 24.6. The number of carbonyl (C=O) groups excluding carboxylic acids is 2. The molecule has 0 rings (SSSR count). The molecule has 0 aliphatic carbocycles. The number of ether oxygens (including phenoxy) is 2. The molecule has 0 aliphatic heterocycles. The second-order valence-electron chi connectivity index (χ2n) is 23.1. The minimum Gasteiger partial charge on any atom is -0.462 e. The Hall–Kier alpha value is -3.07. The van der Waals surface area contributed by atoms with Crippen LogP contribution in [-0.4, -0.2) is 74.9 Å². The van der Waals surface area contributed by atoms with Gasteiger partial charge in [0.25, 0.3) is 0 Å². The van der Waals surface area contributed by atoms with Crippen LogP contribution in [0.5, 0.6) is 0 Å². The van der Waals surface area contributed by atoms with Crippen LogP contribution in [0, 0.1) is 0 Å². The monoisotopic (exact) mass is 1140 g/mol. The van der Waals surface area contributed by atoms with Gasteiger partial charge in [0.05, 0.1) is 27.7 Å². The smallest absolute Gasteiger partial charge is 0.462 e. The number of phosphoric acid groups is 1. The van der Waals surface area contributed by atoms with E-state index in [0.717, 1.165) is 89.9 Å². The van der Waals surface area contributed by atoms with Crippen molar-refractivity contribution in [2.75, 3.05) is 47.5 Å². The molecule has 0 saturated heterocycles. The highest BCUT2D eigenvalue weighted by molar-refractivity contribution is 7.47. The van der Waals surface area contributed by atoms with Crippen molar-refractivity contribution < 1.29 is 42.1 Å². The minimum atomic E-state index is -4.40. The summed E-state index contributed by atoms with van der Waals surface area (Å²) >= 11 is 0. The fourth-order valence-corrected chi connectivity index (χ4v) is 9.79. The zero-order chi connectivity index (χ0) is 58.4. The molecule has 1 N–H and O–H groups in total. The highest BCUT2D eigenvalue weighted by Gasteiger charge is 2.27. The molecule has 0 saturated carbocycles. The van der Waals surface area contributed by atoms with Crippen LogP contribution in [0.2, 0.25) is 0 Å². The molecule has 2 atom stereocenters.